The minimum atomic E-state index is -0.0276. The molecule has 150 valence electrons. The average molecular weight is 408 g/mol. The first-order chi connectivity index (χ1) is 14.0. The van der Waals surface area contributed by atoms with Crippen molar-refractivity contribution in [1.29, 1.82) is 0 Å². The van der Waals surface area contributed by atoms with Crippen LogP contribution >= 0.6 is 12.2 Å². The summed E-state index contributed by atoms with van der Waals surface area (Å²) in [6.07, 6.45) is 4.22. The first-order valence-electron chi connectivity index (χ1n) is 9.89. The van der Waals surface area contributed by atoms with Crippen molar-refractivity contribution in [1.82, 2.24) is 9.88 Å². The van der Waals surface area contributed by atoms with Crippen LogP contribution in [0.1, 0.15) is 36.9 Å². The Hall–Kier alpha value is -2.70. The normalized spacial score (nSPS) is 14.8. The van der Waals surface area contributed by atoms with Crippen molar-refractivity contribution in [2.24, 2.45) is 5.73 Å². The molecule has 0 spiro atoms. The summed E-state index contributed by atoms with van der Waals surface area (Å²) in [7, 11) is 0. The topological polar surface area (TPSA) is 69.3 Å². The fraction of sp³-hybridized carbons (Fsp3) is 0.304. The van der Waals surface area contributed by atoms with Crippen LogP contribution in [-0.4, -0.2) is 28.7 Å². The zero-order valence-corrected chi connectivity index (χ0v) is 17.3. The molecule has 0 bridgehead atoms. The molecule has 1 aliphatic heterocycles. The maximum Gasteiger partial charge on any atom is 0.217 e. The molecule has 2 heterocycles. The minimum absolute atomic E-state index is 0.0276. The summed E-state index contributed by atoms with van der Waals surface area (Å²) in [6, 6.07) is 14.9. The predicted molar refractivity (Wildman–Crippen MR) is 120 cm³/mol. The Morgan fingerprint density at radius 2 is 2.03 bits per heavy atom. The van der Waals surface area contributed by atoms with Gasteiger partial charge in [0.15, 0.2) is 0 Å². The van der Waals surface area contributed by atoms with E-state index < -0.39 is 0 Å². The van der Waals surface area contributed by atoms with Crippen LogP contribution in [0.15, 0.2) is 48.7 Å². The average Bonchev–Trinajstić information content (AvgIpc) is 3.12. The van der Waals surface area contributed by atoms with E-state index in [4.69, 9.17) is 22.7 Å². The molecule has 0 saturated carbocycles. The van der Waals surface area contributed by atoms with Gasteiger partial charge in [-0.3, -0.25) is 4.79 Å². The highest BCUT2D eigenvalue weighted by Gasteiger charge is 2.20. The van der Waals surface area contributed by atoms with E-state index in [0.29, 0.717) is 17.6 Å². The maximum atomic E-state index is 11.3. The number of carbonyl (C=O) groups is 1. The van der Waals surface area contributed by atoms with Gasteiger partial charge >= 0.3 is 0 Å². The molecule has 29 heavy (non-hydrogen) atoms. The molecule has 0 radical (unpaired) electrons. The van der Waals surface area contributed by atoms with Gasteiger partial charge in [-0.1, -0.05) is 42.5 Å². The Bertz CT molecular complexity index is 1070. The van der Waals surface area contributed by atoms with Crippen molar-refractivity contribution in [3.8, 4) is 11.1 Å². The van der Waals surface area contributed by atoms with E-state index >= 15 is 0 Å². The number of thiocarbonyl (C=S) groups is 1. The van der Waals surface area contributed by atoms with Gasteiger partial charge in [0.2, 0.25) is 5.91 Å². The lowest BCUT2D eigenvalue weighted by atomic mass is 10.0. The zero-order valence-electron chi connectivity index (χ0n) is 16.5. The summed E-state index contributed by atoms with van der Waals surface area (Å²) >= 11 is 5.17. The number of carbonyl (C=O) groups excluding carboxylic acids is 1. The highest BCUT2D eigenvalue weighted by Crippen LogP contribution is 2.36. The third-order valence-electron chi connectivity index (χ3n) is 5.48. The number of nitrogens with zero attached hydrogens (tertiary/aromatic N) is 1. The Morgan fingerprint density at radius 3 is 2.76 bits per heavy atom. The summed E-state index contributed by atoms with van der Waals surface area (Å²) in [5.74, 6) is -0.0276. The molecule has 2 aromatic carbocycles. The number of nitrogens with one attached hydrogen (secondary N) is 1. The molecule has 1 saturated heterocycles. The van der Waals surface area contributed by atoms with Gasteiger partial charge in [0.25, 0.3) is 0 Å². The third-order valence-corrected chi connectivity index (χ3v) is 5.72. The largest absolute Gasteiger partial charge is 0.389 e. The summed E-state index contributed by atoms with van der Waals surface area (Å²) < 4.78 is 7.94. The highest BCUT2D eigenvalue weighted by molar-refractivity contribution is 7.80. The van der Waals surface area contributed by atoms with E-state index in [1.807, 2.05) is 12.1 Å². The SMILES string of the molecule is CC(=O)NCc1ccc2c(-c3cccc(C(N)=S)c3)cn(C3CCOCC3)c2c1. The lowest BCUT2D eigenvalue weighted by molar-refractivity contribution is -0.119. The van der Waals surface area contributed by atoms with Crippen molar-refractivity contribution >= 4 is 34.0 Å². The zero-order chi connectivity index (χ0) is 20.4. The Balaban J connectivity index is 1.83. The van der Waals surface area contributed by atoms with Crippen LogP contribution in [0.5, 0.6) is 0 Å². The van der Waals surface area contributed by atoms with Crippen LogP contribution in [0.25, 0.3) is 22.0 Å². The first-order valence-corrected chi connectivity index (χ1v) is 10.3. The molecule has 6 heteroatoms. The summed E-state index contributed by atoms with van der Waals surface area (Å²) in [4.78, 5) is 11.7. The molecule has 0 unspecified atom stereocenters. The Kier molecular flexibility index (Phi) is 5.65. The monoisotopic (exact) mass is 407 g/mol. The molecule has 0 atom stereocenters. The smallest absolute Gasteiger partial charge is 0.217 e. The number of ether oxygens (including phenoxy) is 1. The summed E-state index contributed by atoms with van der Waals surface area (Å²) in [5.41, 5.74) is 11.2. The third kappa shape index (κ3) is 4.18. The van der Waals surface area contributed by atoms with E-state index in [1.165, 1.54) is 17.8 Å². The Morgan fingerprint density at radius 1 is 1.24 bits per heavy atom. The second-order valence-electron chi connectivity index (χ2n) is 7.50. The van der Waals surface area contributed by atoms with Gasteiger partial charge in [0.1, 0.15) is 4.99 Å². The van der Waals surface area contributed by atoms with Crippen molar-refractivity contribution in [3.63, 3.8) is 0 Å². The summed E-state index contributed by atoms with van der Waals surface area (Å²) in [6.45, 7) is 3.62. The lowest BCUT2D eigenvalue weighted by Crippen LogP contribution is -2.20. The van der Waals surface area contributed by atoms with Crippen LogP contribution in [0.4, 0.5) is 0 Å². The second kappa shape index (κ2) is 8.35. The van der Waals surface area contributed by atoms with Crippen molar-refractivity contribution in [2.45, 2.75) is 32.4 Å². The number of hydrogen-bond acceptors (Lipinski definition) is 3. The second-order valence-corrected chi connectivity index (χ2v) is 7.94. The van der Waals surface area contributed by atoms with Gasteiger partial charge in [0.05, 0.1) is 0 Å². The maximum absolute atomic E-state index is 11.3. The number of fused-ring (bicyclic) bond motifs is 1. The minimum Gasteiger partial charge on any atom is -0.389 e. The quantitative estimate of drug-likeness (QED) is 0.629. The van der Waals surface area contributed by atoms with Crippen LogP contribution in [-0.2, 0) is 16.1 Å². The number of benzene rings is 2. The highest BCUT2D eigenvalue weighted by atomic mass is 32.1. The first kappa shape index (κ1) is 19.6. The van der Waals surface area contributed by atoms with Crippen LogP contribution < -0.4 is 11.1 Å². The van der Waals surface area contributed by atoms with E-state index in [9.17, 15) is 4.79 Å². The number of rotatable bonds is 5. The molecular weight excluding hydrogens is 382 g/mol. The molecular formula is C23H25N3O2S. The van der Waals surface area contributed by atoms with Gasteiger partial charge in [-0.2, -0.15) is 0 Å². The van der Waals surface area contributed by atoms with Crippen LogP contribution in [0.2, 0.25) is 0 Å². The van der Waals surface area contributed by atoms with E-state index in [2.05, 4.69) is 46.4 Å². The number of amides is 1. The number of hydrogen-bond donors (Lipinski definition) is 2. The van der Waals surface area contributed by atoms with Gasteiger partial charge in [-0.25, -0.2) is 0 Å². The van der Waals surface area contributed by atoms with Gasteiger partial charge < -0.3 is 20.4 Å². The molecule has 3 aromatic rings. The van der Waals surface area contributed by atoms with E-state index in [0.717, 1.165) is 48.3 Å². The van der Waals surface area contributed by atoms with Crippen molar-refractivity contribution in [3.05, 3.63) is 59.8 Å². The van der Waals surface area contributed by atoms with Gasteiger partial charge in [0, 0.05) is 61.0 Å². The Labute approximate surface area is 175 Å². The lowest BCUT2D eigenvalue weighted by Gasteiger charge is -2.24. The molecule has 5 nitrogen and oxygen atoms in total. The molecule has 1 amide bonds. The summed E-state index contributed by atoms with van der Waals surface area (Å²) in [5, 5.41) is 4.07. The van der Waals surface area contributed by atoms with Crippen molar-refractivity contribution in [2.75, 3.05) is 13.2 Å². The standard InChI is InChI=1S/C23H25N3O2S/c1-15(27)25-13-16-5-6-20-21(17-3-2-4-18(12-17)23(24)29)14-26(22(20)11-16)19-7-9-28-10-8-19/h2-6,11-12,14,19H,7-10,13H2,1H3,(H2,24,29)(H,25,27). The fourth-order valence-electron chi connectivity index (χ4n) is 3.97. The molecule has 1 aromatic heterocycles. The van der Waals surface area contributed by atoms with Crippen molar-refractivity contribution < 1.29 is 9.53 Å². The van der Waals surface area contributed by atoms with Crippen LogP contribution in [0.3, 0.4) is 0 Å². The van der Waals surface area contributed by atoms with E-state index in [-0.39, 0.29) is 5.91 Å². The van der Waals surface area contributed by atoms with E-state index in [1.54, 1.807) is 0 Å². The molecule has 3 N–H and O–H groups in total. The predicted octanol–water partition coefficient (Wildman–Crippen LogP) is 3.93. The molecule has 1 fully saturated rings. The number of nitrogens with two attached hydrogens (primary N) is 1. The molecule has 1 aliphatic rings. The molecule has 0 aliphatic carbocycles. The van der Waals surface area contributed by atoms with Gasteiger partial charge in [-0.05, 0) is 36.1 Å². The van der Waals surface area contributed by atoms with Gasteiger partial charge in [-0.15, -0.1) is 0 Å². The fourth-order valence-corrected chi connectivity index (χ4v) is 4.10. The molecule has 4 rings (SSSR count). The number of aromatic nitrogens is 1. The van der Waals surface area contributed by atoms with Crippen LogP contribution in [0, 0.1) is 0 Å².